The van der Waals surface area contributed by atoms with Crippen LogP contribution in [0.4, 0.5) is 0 Å². The van der Waals surface area contributed by atoms with Gasteiger partial charge in [0.25, 0.3) is 0 Å². The predicted molar refractivity (Wildman–Crippen MR) is 136 cm³/mol. The number of thiophene rings is 1. The number of sulfone groups is 1. The molecule has 1 amide bonds. The van der Waals surface area contributed by atoms with Crippen molar-refractivity contribution in [2.45, 2.75) is 55.0 Å². The lowest BCUT2D eigenvalue weighted by molar-refractivity contribution is -0.125. The minimum absolute atomic E-state index is 0.0259. The molecule has 1 saturated carbocycles. The van der Waals surface area contributed by atoms with Crippen LogP contribution in [0.5, 0.6) is 11.5 Å². The maximum absolute atomic E-state index is 13.0. The highest BCUT2D eigenvalue weighted by molar-refractivity contribution is 7.94. The molecule has 8 heteroatoms. The lowest BCUT2D eigenvalue weighted by Gasteiger charge is -2.16. The zero-order chi connectivity index (χ0) is 24.1. The summed E-state index contributed by atoms with van der Waals surface area (Å²) in [4.78, 5) is 12.9. The zero-order valence-corrected chi connectivity index (χ0v) is 21.4. The Balaban J connectivity index is 1.31. The number of carbonyl (C=O) groups excluding carboxylic acids is 1. The number of aryl methyl sites for hydroxylation is 1. The zero-order valence-electron chi connectivity index (χ0n) is 19.0. The first kappa shape index (κ1) is 24.8. The Hall–Kier alpha value is -2.35. The first-order chi connectivity index (χ1) is 16.3. The third-order valence-corrected chi connectivity index (χ3v) is 10.2. The molecule has 1 aliphatic rings. The van der Waals surface area contributed by atoms with Gasteiger partial charge in [-0.05, 0) is 74.6 Å². The SMILES string of the molecule is Cc1ccc(Oc2cccc(CNC(=O)[C@@H]3CCCC(S(=O)(=O)c4ccc(Cl)s4)CC3)c2)cc1. The van der Waals surface area contributed by atoms with Crippen molar-refractivity contribution >= 4 is 38.7 Å². The Bertz CT molecular complexity index is 1240. The number of rotatable bonds is 7. The molecule has 180 valence electrons. The Morgan fingerprint density at radius 1 is 1.03 bits per heavy atom. The summed E-state index contributed by atoms with van der Waals surface area (Å²) in [7, 11) is -3.41. The van der Waals surface area contributed by atoms with E-state index in [1.165, 1.54) is 5.56 Å². The molecule has 3 aromatic rings. The van der Waals surface area contributed by atoms with Crippen LogP contribution in [-0.2, 0) is 21.2 Å². The maximum atomic E-state index is 13.0. The van der Waals surface area contributed by atoms with Crippen LogP contribution in [0.25, 0.3) is 0 Å². The van der Waals surface area contributed by atoms with Crippen molar-refractivity contribution < 1.29 is 17.9 Å². The van der Waals surface area contributed by atoms with Gasteiger partial charge in [0.2, 0.25) is 5.91 Å². The van der Waals surface area contributed by atoms with Crippen LogP contribution in [-0.4, -0.2) is 19.6 Å². The molecule has 1 N–H and O–H groups in total. The first-order valence-corrected chi connectivity index (χ1v) is 14.2. The number of amides is 1. The summed E-state index contributed by atoms with van der Waals surface area (Å²) in [5, 5.41) is 2.56. The molecule has 34 heavy (non-hydrogen) atoms. The van der Waals surface area contributed by atoms with Gasteiger partial charge in [-0.15, -0.1) is 11.3 Å². The highest BCUT2D eigenvalue weighted by atomic mass is 35.5. The Morgan fingerprint density at radius 2 is 1.82 bits per heavy atom. The van der Waals surface area contributed by atoms with Crippen molar-refractivity contribution in [3.8, 4) is 11.5 Å². The van der Waals surface area contributed by atoms with E-state index in [0.29, 0.717) is 52.9 Å². The fraction of sp³-hybridized carbons (Fsp3) is 0.346. The Kier molecular flexibility index (Phi) is 7.96. The highest BCUT2D eigenvalue weighted by Crippen LogP contribution is 2.34. The second-order valence-corrected chi connectivity index (χ2v) is 12.9. The van der Waals surface area contributed by atoms with Crippen LogP contribution in [0.1, 0.15) is 43.2 Å². The predicted octanol–water partition coefficient (Wildman–Crippen LogP) is 6.54. The molecule has 2 atom stereocenters. The summed E-state index contributed by atoms with van der Waals surface area (Å²) in [5.74, 6) is 1.27. The molecule has 4 rings (SSSR count). The van der Waals surface area contributed by atoms with E-state index in [9.17, 15) is 13.2 Å². The Morgan fingerprint density at radius 3 is 2.56 bits per heavy atom. The van der Waals surface area contributed by atoms with Crippen LogP contribution in [0.3, 0.4) is 0 Å². The highest BCUT2D eigenvalue weighted by Gasteiger charge is 2.33. The van der Waals surface area contributed by atoms with E-state index in [4.69, 9.17) is 16.3 Å². The van der Waals surface area contributed by atoms with Crippen LogP contribution < -0.4 is 10.1 Å². The summed E-state index contributed by atoms with van der Waals surface area (Å²) in [6, 6.07) is 18.7. The lowest BCUT2D eigenvalue weighted by atomic mass is 9.99. The standard InChI is InChI=1S/C26H28ClNO4S2/c1-18-8-11-21(12-9-18)32-22-6-2-4-19(16-22)17-28-26(29)20-5-3-7-23(13-10-20)34(30,31)25-15-14-24(27)33-25/h2,4,6,8-9,11-12,14-16,20,23H,3,5,7,10,13,17H2,1H3,(H,28,29)/t20-,23?/m1/s1. The van der Waals surface area contributed by atoms with Gasteiger partial charge in [0.1, 0.15) is 15.7 Å². The molecule has 0 saturated heterocycles. The molecule has 5 nitrogen and oxygen atoms in total. The van der Waals surface area contributed by atoms with Crippen molar-refractivity contribution in [2.24, 2.45) is 5.92 Å². The third-order valence-electron chi connectivity index (χ3n) is 6.18. The molecule has 0 bridgehead atoms. The fourth-order valence-corrected chi connectivity index (χ4v) is 7.82. The summed E-state index contributed by atoms with van der Waals surface area (Å²) in [6.45, 7) is 2.43. The van der Waals surface area contributed by atoms with Crippen molar-refractivity contribution in [2.75, 3.05) is 0 Å². The minimum Gasteiger partial charge on any atom is -0.457 e. The number of halogens is 1. The number of carbonyl (C=O) groups is 1. The van der Waals surface area contributed by atoms with Crippen LogP contribution in [0.15, 0.2) is 64.9 Å². The van der Waals surface area contributed by atoms with Gasteiger partial charge in [0.15, 0.2) is 9.84 Å². The summed E-state index contributed by atoms with van der Waals surface area (Å²) >= 11 is 7.03. The summed E-state index contributed by atoms with van der Waals surface area (Å²) in [5.41, 5.74) is 2.11. The number of ether oxygens (including phenoxy) is 1. The average Bonchev–Trinajstić information content (AvgIpc) is 3.11. The van der Waals surface area contributed by atoms with E-state index in [1.807, 2.05) is 55.5 Å². The fourth-order valence-electron chi connectivity index (χ4n) is 4.25. The lowest BCUT2D eigenvalue weighted by Crippen LogP contribution is -2.30. The van der Waals surface area contributed by atoms with Crippen molar-refractivity contribution in [1.29, 1.82) is 0 Å². The maximum Gasteiger partial charge on any atom is 0.223 e. The second-order valence-electron chi connectivity index (χ2n) is 8.71. The van der Waals surface area contributed by atoms with Gasteiger partial charge in [0, 0.05) is 12.5 Å². The first-order valence-electron chi connectivity index (χ1n) is 11.4. The third kappa shape index (κ3) is 6.20. The number of hydrogen-bond donors (Lipinski definition) is 1. The normalized spacial score (nSPS) is 18.8. The van der Waals surface area contributed by atoms with E-state index in [1.54, 1.807) is 12.1 Å². The quantitative estimate of drug-likeness (QED) is 0.361. The van der Waals surface area contributed by atoms with Gasteiger partial charge >= 0.3 is 0 Å². The van der Waals surface area contributed by atoms with E-state index >= 15 is 0 Å². The van der Waals surface area contributed by atoms with Gasteiger partial charge in [-0.25, -0.2) is 8.42 Å². The van der Waals surface area contributed by atoms with Crippen LogP contribution in [0.2, 0.25) is 4.34 Å². The number of benzene rings is 2. The number of hydrogen-bond acceptors (Lipinski definition) is 5. The largest absolute Gasteiger partial charge is 0.457 e. The van der Waals surface area contributed by atoms with Gasteiger partial charge in [-0.3, -0.25) is 4.79 Å². The van der Waals surface area contributed by atoms with Crippen molar-refractivity contribution in [1.82, 2.24) is 5.32 Å². The minimum atomic E-state index is -3.41. The summed E-state index contributed by atoms with van der Waals surface area (Å²) < 4.78 is 32.6. The van der Waals surface area contributed by atoms with E-state index in [0.717, 1.165) is 22.6 Å². The van der Waals surface area contributed by atoms with Gasteiger partial charge in [0.05, 0.1) is 9.59 Å². The molecule has 1 fully saturated rings. The smallest absolute Gasteiger partial charge is 0.223 e. The molecule has 2 aromatic carbocycles. The summed E-state index contributed by atoms with van der Waals surface area (Å²) in [6.07, 6.45) is 3.02. The van der Waals surface area contributed by atoms with Gasteiger partial charge in [-0.1, -0.05) is 47.9 Å². The van der Waals surface area contributed by atoms with Gasteiger partial charge in [-0.2, -0.15) is 0 Å². The van der Waals surface area contributed by atoms with Crippen LogP contribution in [0, 0.1) is 12.8 Å². The molecule has 1 aliphatic carbocycles. The molecule has 1 unspecified atom stereocenters. The monoisotopic (exact) mass is 517 g/mol. The number of nitrogens with one attached hydrogen (secondary N) is 1. The average molecular weight is 518 g/mol. The topological polar surface area (TPSA) is 72.5 Å². The van der Waals surface area contributed by atoms with E-state index in [-0.39, 0.29) is 11.8 Å². The Labute approximate surface area is 210 Å². The molecule has 0 aliphatic heterocycles. The molecular weight excluding hydrogens is 490 g/mol. The molecule has 0 spiro atoms. The molecule has 1 heterocycles. The van der Waals surface area contributed by atoms with E-state index < -0.39 is 15.1 Å². The molecule has 1 aromatic heterocycles. The second kappa shape index (κ2) is 10.9. The molecular formula is C26H28ClNO4S2. The van der Waals surface area contributed by atoms with E-state index in [2.05, 4.69) is 5.32 Å². The van der Waals surface area contributed by atoms with Crippen LogP contribution >= 0.6 is 22.9 Å². The van der Waals surface area contributed by atoms with Crippen molar-refractivity contribution in [3.63, 3.8) is 0 Å². The van der Waals surface area contributed by atoms with Gasteiger partial charge < -0.3 is 10.1 Å². The molecule has 0 radical (unpaired) electrons. The van der Waals surface area contributed by atoms with Crippen molar-refractivity contribution in [3.05, 3.63) is 76.1 Å².